The van der Waals surface area contributed by atoms with E-state index in [9.17, 15) is 15.0 Å². The van der Waals surface area contributed by atoms with Crippen LogP contribution in [0.1, 0.15) is 78.9 Å². The van der Waals surface area contributed by atoms with Crippen LogP contribution in [-0.2, 0) is 17.6 Å². The minimum atomic E-state index is -0.791. The summed E-state index contributed by atoms with van der Waals surface area (Å²) in [7, 11) is 0. The number of thiophene rings is 1. The molecule has 0 fully saturated rings. The lowest BCUT2D eigenvalue weighted by atomic mass is 9.89. The van der Waals surface area contributed by atoms with E-state index in [1.165, 1.54) is 10.5 Å². The Morgan fingerprint density at radius 2 is 1.87 bits per heavy atom. The lowest BCUT2D eigenvalue weighted by molar-refractivity contribution is -0.136. The van der Waals surface area contributed by atoms with Crippen LogP contribution in [0.15, 0.2) is 42.0 Å². The lowest BCUT2D eigenvalue weighted by Crippen LogP contribution is -2.03. The fraction of sp³-hybridized carbons (Fsp3) is 0.500. The average molecular weight is 443 g/mol. The van der Waals surface area contributed by atoms with Gasteiger partial charge in [0.05, 0.1) is 19.1 Å². The molecule has 0 spiro atoms. The summed E-state index contributed by atoms with van der Waals surface area (Å²) in [5, 5.41) is 29.3. The second-order valence-electron chi connectivity index (χ2n) is 8.52. The van der Waals surface area contributed by atoms with Crippen molar-refractivity contribution in [3.8, 4) is 0 Å². The molecular weight excluding hydrogens is 408 g/mol. The van der Waals surface area contributed by atoms with Crippen molar-refractivity contribution in [3.63, 3.8) is 0 Å². The Morgan fingerprint density at radius 3 is 2.55 bits per heavy atom. The normalized spacial score (nSPS) is 17.3. The van der Waals surface area contributed by atoms with Gasteiger partial charge in [-0.05, 0) is 72.4 Å². The second kappa shape index (κ2) is 11.6. The number of allylic oxidation sites excluding steroid dienone is 1. The van der Waals surface area contributed by atoms with Gasteiger partial charge in [-0.2, -0.15) is 0 Å². The summed E-state index contributed by atoms with van der Waals surface area (Å²) >= 11 is 1.59. The molecule has 0 saturated carbocycles. The zero-order valence-corrected chi connectivity index (χ0v) is 19.2. The van der Waals surface area contributed by atoms with Crippen LogP contribution in [0.2, 0.25) is 0 Å². The number of benzene rings is 1. The molecule has 3 rings (SSSR count). The van der Waals surface area contributed by atoms with Gasteiger partial charge in [0.25, 0.3) is 0 Å². The van der Waals surface area contributed by atoms with Crippen LogP contribution in [0.25, 0.3) is 5.57 Å². The molecule has 5 heteroatoms. The van der Waals surface area contributed by atoms with Crippen LogP contribution < -0.4 is 0 Å². The van der Waals surface area contributed by atoms with Crippen molar-refractivity contribution in [2.45, 2.75) is 70.8 Å². The van der Waals surface area contributed by atoms with Crippen molar-refractivity contribution in [2.24, 2.45) is 5.92 Å². The van der Waals surface area contributed by atoms with Crippen LogP contribution in [-0.4, -0.2) is 27.9 Å². The summed E-state index contributed by atoms with van der Waals surface area (Å²) in [6, 6.07) is 12.2. The summed E-state index contributed by atoms with van der Waals surface area (Å²) < 4.78 is 0. The molecule has 0 saturated heterocycles. The van der Waals surface area contributed by atoms with E-state index in [0.717, 1.165) is 72.9 Å². The zero-order valence-electron chi connectivity index (χ0n) is 18.3. The number of carbonyl (C=O) groups is 1. The standard InChI is InChI=1S/C26H34O4S/c1-2-3-4-5-24(28)18-6-8-19(9-7-18)26-20(10-11-21(26)17-27)12-13-22-14-15-23(31-22)16-25(29)30/h6-9,14-15,20,24,27-28H,2-5,10-13,16-17H2,1H3,(H,29,30)/t20-,24?/m1/s1. The predicted molar refractivity (Wildman–Crippen MR) is 126 cm³/mol. The topological polar surface area (TPSA) is 77.8 Å². The van der Waals surface area contributed by atoms with Gasteiger partial charge in [0.2, 0.25) is 0 Å². The molecule has 0 amide bonds. The van der Waals surface area contributed by atoms with Crippen molar-refractivity contribution in [3.05, 3.63) is 62.9 Å². The van der Waals surface area contributed by atoms with E-state index in [4.69, 9.17) is 5.11 Å². The van der Waals surface area contributed by atoms with E-state index in [2.05, 4.69) is 19.1 Å². The number of aliphatic hydroxyl groups is 2. The number of hydrogen-bond donors (Lipinski definition) is 3. The maximum absolute atomic E-state index is 10.9. The summed E-state index contributed by atoms with van der Waals surface area (Å²) in [6.45, 7) is 2.26. The molecule has 31 heavy (non-hydrogen) atoms. The quantitative estimate of drug-likeness (QED) is 0.364. The third-order valence-electron chi connectivity index (χ3n) is 6.24. The van der Waals surface area contributed by atoms with Crippen LogP contribution >= 0.6 is 11.3 Å². The molecule has 1 aromatic heterocycles. The average Bonchev–Trinajstić information content (AvgIpc) is 3.38. The predicted octanol–water partition coefficient (Wildman–Crippen LogP) is 5.78. The Bertz CT molecular complexity index is 881. The highest BCUT2D eigenvalue weighted by Crippen LogP contribution is 2.42. The fourth-order valence-corrected chi connectivity index (χ4v) is 5.59. The van der Waals surface area contributed by atoms with Crippen LogP contribution in [0.4, 0.5) is 0 Å². The molecule has 1 aromatic carbocycles. The van der Waals surface area contributed by atoms with Crippen LogP contribution in [0.3, 0.4) is 0 Å². The Labute approximate surface area is 189 Å². The molecule has 168 valence electrons. The highest BCUT2D eigenvalue weighted by Gasteiger charge is 2.26. The van der Waals surface area contributed by atoms with Gasteiger partial charge >= 0.3 is 5.97 Å². The number of aliphatic carboxylic acids is 1. The number of unbranched alkanes of at least 4 members (excludes halogenated alkanes) is 2. The lowest BCUT2D eigenvalue weighted by Gasteiger charge is -2.17. The highest BCUT2D eigenvalue weighted by molar-refractivity contribution is 7.12. The van der Waals surface area contributed by atoms with Gasteiger partial charge in [-0.1, -0.05) is 50.5 Å². The van der Waals surface area contributed by atoms with E-state index in [1.807, 2.05) is 24.3 Å². The number of carboxylic acid groups (broad SMARTS) is 1. The Hall–Kier alpha value is -1.95. The van der Waals surface area contributed by atoms with Crippen molar-refractivity contribution in [2.75, 3.05) is 6.61 Å². The van der Waals surface area contributed by atoms with Crippen LogP contribution in [0.5, 0.6) is 0 Å². The van der Waals surface area contributed by atoms with Crippen molar-refractivity contribution < 1.29 is 20.1 Å². The maximum atomic E-state index is 10.9. The van der Waals surface area contributed by atoms with Crippen molar-refractivity contribution >= 4 is 22.9 Å². The van der Waals surface area contributed by atoms with Gasteiger partial charge in [0.1, 0.15) is 0 Å². The van der Waals surface area contributed by atoms with Gasteiger partial charge in [0.15, 0.2) is 0 Å². The third kappa shape index (κ3) is 6.52. The van der Waals surface area contributed by atoms with E-state index in [-0.39, 0.29) is 13.0 Å². The van der Waals surface area contributed by atoms with Crippen molar-refractivity contribution in [1.82, 2.24) is 0 Å². The minimum absolute atomic E-state index is 0.0879. The van der Waals surface area contributed by atoms with E-state index < -0.39 is 12.1 Å². The molecule has 1 heterocycles. The molecule has 0 bridgehead atoms. The van der Waals surface area contributed by atoms with E-state index in [0.29, 0.717) is 5.92 Å². The largest absolute Gasteiger partial charge is 0.481 e. The maximum Gasteiger partial charge on any atom is 0.308 e. The molecule has 2 aromatic rings. The number of rotatable bonds is 12. The first kappa shape index (κ1) is 23.7. The fourth-order valence-electron chi connectivity index (χ4n) is 4.57. The molecule has 0 aliphatic heterocycles. The SMILES string of the molecule is CCCCCC(O)c1ccc(C2=C(CO)CC[C@@H]2CCc2ccc(CC(=O)O)s2)cc1. The number of carboxylic acids is 1. The van der Waals surface area contributed by atoms with Crippen molar-refractivity contribution in [1.29, 1.82) is 0 Å². The zero-order chi connectivity index (χ0) is 22.2. The summed E-state index contributed by atoms with van der Waals surface area (Å²) in [5.74, 6) is -0.395. The highest BCUT2D eigenvalue weighted by atomic mass is 32.1. The first-order valence-electron chi connectivity index (χ1n) is 11.4. The van der Waals surface area contributed by atoms with Gasteiger partial charge in [-0.25, -0.2) is 0 Å². The molecule has 0 radical (unpaired) electrons. The number of hydrogen-bond acceptors (Lipinski definition) is 4. The summed E-state index contributed by atoms with van der Waals surface area (Å²) in [4.78, 5) is 13.0. The molecular formula is C26H34O4S. The Morgan fingerprint density at radius 1 is 1.13 bits per heavy atom. The number of aryl methyl sites for hydroxylation is 1. The second-order valence-corrected chi connectivity index (χ2v) is 9.77. The van der Waals surface area contributed by atoms with Gasteiger partial charge < -0.3 is 15.3 Å². The molecule has 1 unspecified atom stereocenters. The molecule has 3 N–H and O–H groups in total. The monoisotopic (exact) mass is 442 g/mol. The minimum Gasteiger partial charge on any atom is -0.481 e. The molecule has 1 aliphatic carbocycles. The Kier molecular flexibility index (Phi) is 8.88. The Balaban J connectivity index is 1.66. The van der Waals surface area contributed by atoms with Gasteiger partial charge in [-0.3, -0.25) is 4.79 Å². The molecule has 2 atom stereocenters. The van der Waals surface area contributed by atoms with Crippen LogP contribution in [0, 0.1) is 5.92 Å². The molecule has 4 nitrogen and oxygen atoms in total. The first-order chi connectivity index (χ1) is 15.0. The van der Waals surface area contributed by atoms with Gasteiger partial charge in [0, 0.05) is 9.75 Å². The molecule has 1 aliphatic rings. The van der Waals surface area contributed by atoms with Gasteiger partial charge in [-0.15, -0.1) is 11.3 Å². The number of aliphatic hydroxyl groups excluding tert-OH is 2. The first-order valence-corrected chi connectivity index (χ1v) is 12.2. The summed E-state index contributed by atoms with van der Waals surface area (Å²) in [5.41, 5.74) is 4.50. The van der Waals surface area contributed by atoms with E-state index in [1.54, 1.807) is 11.3 Å². The smallest absolute Gasteiger partial charge is 0.308 e. The van der Waals surface area contributed by atoms with E-state index >= 15 is 0 Å². The third-order valence-corrected chi connectivity index (χ3v) is 7.39. The summed E-state index contributed by atoms with van der Waals surface area (Å²) in [6.07, 6.45) is 7.69.